The van der Waals surface area contributed by atoms with E-state index in [1.54, 1.807) is 48.9 Å². The van der Waals surface area contributed by atoms with Crippen molar-refractivity contribution in [3.05, 3.63) is 78.7 Å². The molecule has 2 aromatic carbocycles. The molecule has 11 nitrogen and oxygen atoms in total. The zero-order valence-corrected chi connectivity index (χ0v) is 36.1. The topological polar surface area (TPSA) is 111 Å². The molecule has 302 valence electrons. The zero-order chi connectivity index (χ0) is 40.7. The molecule has 1 aliphatic carbocycles. The van der Waals surface area contributed by atoms with Gasteiger partial charge in [0, 0.05) is 42.5 Å². The first-order valence-electron chi connectivity index (χ1n) is 18.7. The number of amides is 3. The Balaban J connectivity index is 1.37. The molecular formula is C41H49Cl3N4O7S. The van der Waals surface area contributed by atoms with Gasteiger partial charge in [-0.05, 0) is 115 Å². The van der Waals surface area contributed by atoms with E-state index in [2.05, 4.69) is 4.98 Å². The molecule has 1 saturated heterocycles. The fourth-order valence-electron chi connectivity index (χ4n) is 6.96. The lowest BCUT2D eigenvalue weighted by atomic mass is 9.83. The van der Waals surface area contributed by atoms with Gasteiger partial charge in [-0.2, -0.15) is 0 Å². The fraction of sp³-hybridized carbons (Fsp3) is 0.512. The molecule has 56 heavy (non-hydrogen) atoms. The molecule has 3 heterocycles. The summed E-state index contributed by atoms with van der Waals surface area (Å²) in [5.41, 5.74) is 2.38. The number of ether oxygens (including phenoxy) is 4. The summed E-state index contributed by atoms with van der Waals surface area (Å²) in [6.07, 6.45) is 2.60. The van der Waals surface area contributed by atoms with Crippen molar-refractivity contribution >= 4 is 69.8 Å². The van der Waals surface area contributed by atoms with Crippen LogP contribution in [0.5, 0.6) is 10.9 Å². The van der Waals surface area contributed by atoms with E-state index in [9.17, 15) is 9.59 Å². The van der Waals surface area contributed by atoms with Crippen LogP contribution in [0.3, 0.4) is 0 Å². The minimum Gasteiger partial charge on any atom is -0.487 e. The Morgan fingerprint density at radius 1 is 0.893 bits per heavy atom. The normalized spacial score (nSPS) is 18.5. The van der Waals surface area contributed by atoms with Gasteiger partial charge in [-0.15, -0.1) is 0 Å². The molecule has 2 aliphatic heterocycles. The molecule has 0 N–H and O–H groups in total. The van der Waals surface area contributed by atoms with Crippen LogP contribution < -0.4 is 9.47 Å². The number of thiazole rings is 1. The summed E-state index contributed by atoms with van der Waals surface area (Å²) < 4.78 is 23.6. The second-order valence-electron chi connectivity index (χ2n) is 16.5. The molecule has 0 radical (unpaired) electrons. The molecular weight excluding hydrogens is 799 g/mol. The number of carbonyl (C=O) groups is 3. The molecule has 0 spiro atoms. The Bertz CT molecular complexity index is 2000. The van der Waals surface area contributed by atoms with Crippen LogP contribution in [0.4, 0.5) is 9.59 Å². The number of piperazine rings is 1. The number of benzene rings is 2. The third-order valence-corrected chi connectivity index (χ3v) is 11.5. The summed E-state index contributed by atoms with van der Waals surface area (Å²) in [7, 11) is 0. The first-order chi connectivity index (χ1) is 26.3. The molecule has 2 atom stereocenters. The van der Waals surface area contributed by atoms with Crippen LogP contribution in [0, 0.1) is 13.8 Å². The van der Waals surface area contributed by atoms with E-state index < -0.39 is 35.5 Å². The number of carbonyl (C=O) groups excluding carboxylic acids is 3. The van der Waals surface area contributed by atoms with Gasteiger partial charge in [0.25, 0.3) is 11.1 Å². The number of fused-ring (bicyclic) bond motifs is 2. The molecule has 1 aromatic heterocycles. The molecule has 2 fully saturated rings. The van der Waals surface area contributed by atoms with Crippen LogP contribution in [-0.4, -0.2) is 93.4 Å². The third-order valence-electron chi connectivity index (χ3n) is 9.59. The maximum Gasteiger partial charge on any atom is 0.411 e. The number of hydrogen-bond donors (Lipinski definition) is 0. The number of hydrogen-bond acceptors (Lipinski definition) is 9. The number of nitrogens with zero attached hydrogens (tertiary/aromatic N) is 4. The van der Waals surface area contributed by atoms with E-state index in [-0.39, 0.29) is 44.7 Å². The van der Waals surface area contributed by atoms with E-state index in [4.69, 9.17) is 53.8 Å². The van der Waals surface area contributed by atoms with Crippen LogP contribution in [0.25, 0.3) is 5.57 Å². The Morgan fingerprint density at radius 2 is 1.54 bits per heavy atom. The second-order valence-corrected chi connectivity index (χ2v) is 18.7. The van der Waals surface area contributed by atoms with E-state index in [1.807, 2.05) is 57.7 Å². The maximum absolute atomic E-state index is 15.3. The fourth-order valence-corrected chi connectivity index (χ4v) is 8.71. The van der Waals surface area contributed by atoms with Crippen molar-refractivity contribution in [1.29, 1.82) is 0 Å². The highest BCUT2D eigenvalue weighted by atomic mass is 35.5. The number of halogens is 3. The quantitative estimate of drug-likeness (QED) is 0.186. The van der Waals surface area contributed by atoms with Gasteiger partial charge < -0.3 is 28.7 Å². The summed E-state index contributed by atoms with van der Waals surface area (Å²) in [5.74, 6) is 0.161. The molecule has 2 bridgehead atoms. The van der Waals surface area contributed by atoms with Gasteiger partial charge in [0.15, 0.2) is 5.75 Å². The van der Waals surface area contributed by atoms with Crippen molar-refractivity contribution in [3.63, 3.8) is 0 Å². The Morgan fingerprint density at radius 3 is 2.18 bits per heavy atom. The first-order valence-corrected chi connectivity index (χ1v) is 20.7. The van der Waals surface area contributed by atoms with Gasteiger partial charge in [-0.3, -0.25) is 9.69 Å². The van der Waals surface area contributed by atoms with Gasteiger partial charge in [0.05, 0.1) is 27.0 Å². The van der Waals surface area contributed by atoms with Crippen LogP contribution in [0.2, 0.25) is 15.1 Å². The number of rotatable bonds is 10. The van der Waals surface area contributed by atoms with E-state index in [0.29, 0.717) is 38.1 Å². The lowest BCUT2D eigenvalue weighted by Gasteiger charge is -2.51. The summed E-state index contributed by atoms with van der Waals surface area (Å²) >= 11 is 20.6. The zero-order valence-electron chi connectivity index (χ0n) is 33.0. The van der Waals surface area contributed by atoms with Crippen LogP contribution in [0.15, 0.2) is 42.1 Å². The van der Waals surface area contributed by atoms with Gasteiger partial charge >= 0.3 is 12.2 Å². The minimum atomic E-state index is -0.835. The molecule has 3 amide bonds. The SMILES string of the molecule is Cc1cc(Cl)c(OCCOc2ncc(C3=C(C(=O)N(Cc4cccc(Cl)c4C)C4CC4)[C@H]4CN(C(=O)OC(C)(C)C)CC(C3)N4C(=O)OC(C)(C)C)s2)c(Cl)c1. The Labute approximate surface area is 347 Å². The standard InChI is InChI=1S/C41H49Cl3N4O7S/c1-23-16-30(43)35(31(44)17-23)52-14-15-53-37-45-19-33(56-37)28-18-27-21-46(38(50)54-40(3,4)5)22-32(48(27)39(51)55-41(6,7)8)34(28)36(49)47(26-12-13-26)20-25-10-9-11-29(42)24(25)2/h9-11,16-17,19,26-27,32H,12-15,18,20-22H2,1-8H3/t27?,32-/m1/s1. The monoisotopic (exact) mass is 846 g/mol. The predicted molar refractivity (Wildman–Crippen MR) is 219 cm³/mol. The number of aryl methyl sites for hydroxylation is 1. The van der Waals surface area contributed by atoms with E-state index in [0.717, 1.165) is 40.0 Å². The van der Waals surface area contributed by atoms with Crippen molar-refractivity contribution in [1.82, 2.24) is 19.7 Å². The van der Waals surface area contributed by atoms with Gasteiger partial charge in [0.1, 0.15) is 24.4 Å². The van der Waals surface area contributed by atoms with E-state index >= 15 is 4.79 Å². The van der Waals surface area contributed by atoms with Crippen molar-refractivity contribution < 1.29 is 33.3 Å². The Kier molecular flexibility index (Phi) is 12.5. The third kappa shape index (κ3) is 9.86. The van der Waals surface area contributed by atoms with Crippen LogP contribution in [-0.2, 0) is 20.8 Å². The Hall–Kier alpha value is -3.71. The summed E-state index contributed by atoms with van der Waals surface area (Å²) in [4.78, 5) is 53.4. The molecule has 6 rings (SSSR count). The van der Waals surface area contributed by atoms with E-state index in [1.165, 1.54) is 11.3 Å². The molecule has 1 saturated carbocycles. The average Bonchev–Trinajstić information content (AvgIpc) is 3.82. The van der Waals surface area contributed by atoms with Gasteiger partial charge in [-0.25, -0.2) is 14.6 Å². The largest absolute Gasteiger partial charge is 0.487 e. The summed E-state index contributed by atoms with van der Waals surface area (Å²) in [6.45, 7) is 15.6. The average molecular weight is 848 g/mol. The molecule has 3 aromatic rings. The van der Waals surface area contributed by atoms with Crippen molar-refractivity contribution in [3.8, 4) is 10.9 Å². The summed E-state index contributed by atoms with van der Waals surface area (Å²) in [6, 6.07) is 7.90. The molecule has 3 aliphatic rings. The second kappa shape index (κ2) is 16.6. The van der Waals surface area contributed by atoms with Crippen LogP contribution >= 0.6 is 46.1 Å². The van der Waals surface area contributed by atoms with Crippen molar-refractivity contribution in [2.24, 2.45) is 0 Å². The van der Waals surface area contributed by atoms with Crippen LogP contribution in [0.1, 0.15) is 82.4 Å². The highest BCUT2D eigenvalue weighted by Crippen LogP contribution is 2.44. The first kappa shape index (κ1) is 41.9. The van der Waals surface area contributed by atoms with Crippen molar-refractivity contribution in [2.45, 2.75) is 111 Å². The lowest BCUT2D eigenvalue weighted by molar-refractivity contribution is -0.129. The lowest BCUT2D eigenvalue weighted by Crippen LogP contribution is -2.66. The minimum absolute atomic E-state index is 0.00349. The summed E-state index contributed by atoms with van der Waals surface area (Å²) in [5, 5.41) is 1.83. The maximum atomic E-state index is 15.3. The smallest absolute Gasteiger partial charge is 0.411 e. The van der Waals surface area contributed by atoms with Crippen molar-refractivity contribution in [2.75, 3.05) is 26.3 Å². The van der Waals surface area contributed by atoms with Gasteiger partial charge in [0.2, 0.25) is 0 Å². The highest BCUT2D eigenvalue weighted by Gasteiger charge is 2.51. The highest BCUT2D eigenvalue weighted by molar-refractivity contribution is 7.14. The molecule has 15 heteroatoms. The molecule has 1 unspecified atom stereocenters. The van der Waals surface area contributed by atoms with Gasteiger partial charge in [-0.1, -0.05) is 58.3 Å². The predicted octanol–water partition coefficient (Wildman–Crippen LogP) is 9.75. The number of aromatic nitrogens is 1.